The van der Waals surface area contributed by atoms with Crippen LogP contribution in [-0.2, 0) is 0 Å². The SMILES string of the molecule is CCCC(C)CCC(O)O.OCCO. The zero-order valence-electron chi connectivity index (χ0n) is 9.19. The van der Waals surface area contributed by atoms with Crippen LogP contribution < -0.4 is 0 Å². The monoisotopic (exact) mass is 208 g/mol. The lowest BCUT2D eigenvalue weighted by molar-refractivity contribution is -0.0487. The van der Waals surface area contributed by atoms with Crippen LogP contribution in [0.1, 0.15) is 39.5 Å². The average Bonchev–Trinajstić information content (AvgIpc) is 2.16. The maximum Gasteiger partial charge on any atom is 0.151 e. The third kappa shape index (κ3) is 17.8. The lowest BCUT2D eigenvalue weighted by atomic mass is 10.0. The van der Waals surface area contributed by atoms with Crippen LogP contribution in [0.5, 0.6) is 0 Å². The van der Waals surface area contributed by atoms with E-state index in [9.17, 15) is 0 Å². The molecule has 0 rings (SSSR count). The highest BCUT2D eigenvalue weighted by atomic mass is 16.5. The average molecular weight is 208 g/mol. The first-order valence-electron chi connectivity index (χ1n) is 5.16. The summed E-state index contributed by atoms with van der Waals surface area (Å²) in [6.45, 7) is 4.04. The van der Waals surface area contributed by atoms with Crippen LogP contribution in [0.2, 0.25) is 0 Å². The molecule has 0 spiro atoms. The summed E-state index contributed by atoms with van der Waals surface area (Å²) in [4.78, 5) is 0. The molecule has 1 unspecified atom stereocenters. The third-order valence-electron chi connectivity index (χ3n) is 1.80. The van der Waals surface area contributed by atoms with Crippen molar-refractivity contribution in [1.29, 1.82) is 0 Å². The summed E-state index contributed by atoms with van der Waals surface area (Å²) in [5.74, 6) is 0.631. The van der Waals surface area contributed by atoms with Gasteiger partial charge in [0.05, 0.1) is 13.2 Å². The van der Waals surface area contributed by atoms with Crippen LogP contribution in [-0.4, -0.2) is 39.9 Å². The summed E-state index contributed by atoms with van der Waals surface area (Å²) in [7, 11) is 0. The van der Waals surface area contributed by atoms with Gasteiger partial charge >= 0.3 is 0 Å². The summed E-state index contributed by atoms with van der Waals surface area (Å²) >= 11 is 0. The minimum Gasteiger partial charge on any atom is -0.394 e. The van der Waals surface area contributed by atoms with Crippen molar-refractivity contribution in [1.82, 2.24) is 0 Å². The van der Waals surface area contributed by atoms with Crippen molar-refractivity contribution < 1.29 is 20.4 Å². The van der Waals surface area contributed by atoms with E-state index in [0.29, 0.717) is 12.3 Å². The second-order valence-corrected chi connectivity index (χ2v) is 3.40. The van der Waals surface area contributed by atoms with Gasteiger partial charge in [-0.05, 0) is 18.8 Å². The Morgan fingerprint density at radius 3 is 1.71 bits per heavy atom. The number of aliphatic hydroxyl groups is 4. The molecule has 0 radical (unpaired) electrons. The molecular weight excluding hydrogens is 184 g/mol. The Morgan fingerprint density at radius 1 is 0.929 bits per heavy atom. The van der Waals surface area contributed by atoms with E-state index < -0.39 is 6.29 Å². The van der Waals surface area contributed by atoms with Crippen LogP contribution >= 0.6 is 0 Å². The lowest BCUT2D eigenvalue weighted by Gasteiger charge is -2.09. The summed E-state index contributed by atoms with van der Waals surface area (Å²) in [5.41, 5.74) is 0. The van der Waals surface area contributed by atoms with E-state index in [-0.39, 0.29) is 13.2 Å². The molecule has 4 nitrogen and oxygen atoms in total. The zero-order valence-corrected chi connectivity index (χ0v) is 9.19. The quantitative estimate of drug-likeness (QED) is 0.479. The van der Waals surface area contributed by atoms with Crippen molar-refractivity contribution in [2.24, 2.45) is 5.92 Å². The largest absolute Gasteiger partial charge is 0.394 e. The second-order valence-electron chi connectivity index (χ2n) is 3.40. The highest BCUT2D eigenvalue weighted by Crippen LogP contribution is 2.12. The molecule has 0 aliphatic rings. The summed E-state index contributed by atoms with van der Waals surface area (Å²) in [6.07, 6.45) is 2.70. The fraction of sp³-hybridized carbons (Fsp3) is 1.00. The van der Waals surface area contributed by atoms with Crippen molar-refractivity contribution in [3.63, 3.8) is 0 Å². The Bertz CT molecular complexity index is 94.1. The van der Waals surface area contributed by atoms with Crippen molar-refractivity contribution in [2.45, 2.75) is 45.8 Å². The van der Waals surface area contributed by atoms with E-state index in [1.54, 1.807) is 0 Å². The van der Waals surface area contributed by atoms with Gasteiger partial charge in [0.25, 0.3) is 0 Å². The van der Waals surface area contributed by atoms with Crippen LogP contribution in [0.3, 0.4) is 0 Å². The Hall–Kier alpha value is -0.160. The molecule has 4 heteroatoms. The topological polar surface area (TPSA) is 80.9 Å². The van der Waals surface area contributed by atoms with Gasteiger partial charge in [0.15, 0.2) is 6.29 Å². The van der Waals surface area contributed by atoms with Gasteiger partial charge < -0.3 is 20.4 Å². The van der Waals surface area contributed by atoms with Crippen LogP contribution in [0.4, 0.5) is 0 Å². The molecule has 0 saturated carbocycles. The molecule has 0 amide bonds. The maximum absolute atomic E-state index is 8.53. The summed E-state index contributed by atoms with van der Waals surface area (Å²) < 4.78 is 0. The second kappa shape index (κ2) is 12.8. The van der Waals surface area contributed by atoms with Gasteiger partial charge in [-0.25, -0.2) is 0 Å². The van der Waals surface area contributed by atoms with E-state index in [2.05, 4.69) is 13.8 Å². The Balaban J connectivity index is 0. The number of hydrogen-bond donors (Lipinski definition) is 4. The highest BCUT2D eigenvalue weighted by molar-refractivity contribution is 4.52. The van der Waals surface area contributed by atoms with Crippen LogP contribution in [0.25, 0.3) is 0 Å². The fourth-order valence-electron chi connectivity index (χ4n) is 1.07. The number of hydrogen-bond acceptors (Lipinski definition) is 4. The maximum atomic E-state index is 8.53. The first-order chi connectivity index (χ1) is 6.58. The molecule has 14 heavy (non-hydrogen) atoms. The standard InChI is InChI=1S/C8H18O2.C2H6O2/c1-3-4-7(2)5-6-8(9)10;3-1-2-4/h7-10H,3-6H2,1-2H3;3-4H,1-2H2. The van der Waals surface area contributed by atoms with Crippen molar-refractivity contribution in [2.75, 3.05) is 13.2 Å². The van der Waals surface area contributed by atoms with E-state index in [1.807, 2.05) is 0 Å². The molecule has 0 saturated heterocycles. The van der Waals surface area contributed by atoms with E-state index in [0.717, 1.165) is 6.42 Å². The fourth-order valence-corrected chi connectivity index (χ4v) is 1.07. The van der Waals surface area contributed by atoms with Crippen molar-refractivity contribution in [3.05, 3.63) is 0 Å². The Kier molecular flexibility index (Phi) is 14.9. The van der Waals surface area contributed by atoms with Gasteiger partial charge in [-0.2, -0.15) is 0 Å². The first kappa shape index (κ1) is 16.3. The van der Waals surface area contributed by atoms with Crippen molar-refractivity contribution in [3.8, 4) is 0 Å². The van der Waals surface area contributed by atoms with Gasteiger partial charge in [-0.15, -0.1) is 0 Å². The van der Waals surface area contributed by atoms with Gasteiger partial charge in [0.2, 0.25) is 0 Å². The molecule has 0 aromatic carbocycles. The molecule has 0 heterocycles. The molecule has 0 aromatic heterocycles. The molecule has 0 aromatic rings. The summed E-state index contributed by atoms with van der Waals surface area (Å²) in [6, 6.07) is 0. The Morgan fingerprint density at radius 2 is 1.43 bits per heavy atom. The number of aliphatic hydroxyl groups excluding tert-OH is 3. The predicted octanol–water partition coefficient (Wildman–Crippen LogP) is 0.484. The van der Waals surface area contributed by atoms with Gasteiger partial charge in [-0.3, -0.25) is 0 Å². The minimum absolute atomic E-state index is 0.125. The van der Waals surface area contributed by atoms with Gasteiger partial charge in [-0.1, -0.05) is 26.7 Å². The predicted molar refractivity (Wildman–Crippen MR) is 55.7 cm³/mol. The smallest absolute Gasteiger partial charge is 0.151 e. The van der Waals surface area contributed by atoms with Crippen LogP contribution in [0.15, 0.2) is 0 Å². The molecular formula is C10H24O4. The van der Waals surface area contributed by atoms with Crippen molar-refractivity contribution >= 4 is 0 Å². The summed E-state index contributed by atoms with van der Waals surface area (Å²) in [5, 5.41) is 32.3. The van der Waals surface area contributed by atoms with Gasteiger partial charge in [0.1, 0.15) is 0 Å². The van der Waals surface area contributed by atoms with Crippen LogP contribution in [0, 0.1) is 5.92 Å². The Labute approximate surface area is 86.2 Å². The molecule has 0 aliphatic carbocycles. The zero-order chi connectivity index (χ0) is 11.4. The molecule has 88 valence electrons. The van der Waals surface area contributed by atoms with E-state index >= 15 is 0 Å². The lowest BCUT2D eigenvalue weighted by Crippen LogP contribution is -2.06. The van der Waals surface area contributed by atoms with Gasteiger partial charge in [0, 0.05) is 0 Å². The minimum atomic E-state index is -1.11. The highest BCUT2D eigenvalue weighted by Gasteiger charge is 2.03. The van der Waals surface area contributed by atoms with E-state index in [4.69, 9.17) is 20.4 Å². The van der Waals surface area contributed by atoms with E-state index in [1.165, 1.54) is 12.8 Å². The molecule has 1 atom stereocenters. The molecule has 4 N–H and O–H groups in total. The molecule has 0 aliphatic heterocycles. The molecule has 0 fully saturated rings. The first-order valence-corrected chi connectivity index (χ1v) is 5.16. The number of rotatable bonds is 6. The molecule has 0 bridgehead atoms. The third-order valence-corrected chi connectivity index (χ3v) is 1.80. The normalized spacial score (nSPS) is 12.2.